The van der Waals surface area contributed by atoms with Crippen LogP contribution in [-0.2, 0) is 16.0 Å². The molecule has 2 heterocycles. The molecule has 2 unspecified atom stereocenters. The molecule has 2 aliphatic rings. The number of aldehydes is 1. The van der Waals surface area contributed by atoms with E-state index >= 15 is 0 Å². The third-order valence-electron chi connectivity index (χ3n) is 5.76. The van der Waals surface area contributed by atoms with Crippen LogP contribution in [0.3, 0.4) is 0 Å². The molecule has 7 nitrogen and oxygen atoms in total. The summed E-state index contributed by atoms with van der Waals surface area (Å²) in [6.45, 7) is 3.19. The fourth-order valence-electron chi connectivity index (χ4n) is 4.19. The third kappa shape index (κ3) is 4.95. The first-order valence-electron chi connectivity index (χ1n) is 10.6. The Labute approximate surface area is 161 Å². The first-order chi connectivity index (χ1) is 13.2. The molecule has 1 spiro atoms. The predicted molar refractivity (Wildman–Crippen MR) is 100 cm³/mol. The monoisotopic (exact) mass is 379 g/mol. The van der Waals surface area contributed by atoms with Gasteiger partial charge in [-0.1, -0.05) is 50.7 Å². The quantitative estimate of drug-likeness (QED) is 0.494. The number of unbranched alkanes of at least 4 members (excludes halogenated alkanes) is 5. The smallest absolute Gasteiger partial charge is 0.172 e. The Balaban J connectivity index is 1.61. The SMILES string of the molecule is CCCCCCCCn1nnc(C=O)c1C(O)C1COC2(CCCCC2)O1. The zero-order chi connectivity index (χ0) is 19.1. The van der Waals surface area contributed by atoms with E-state index in [9.17, 15) is 9.90 Å². The van der Waals surface area contributed by atoms with E-state index in [1.54, 1.807) is 4.68 Å². The van der Waals surface area contributed by atoms with Gasteiger partial charge in [0.15, 0.2) is 17.8 Å². The van der Waals surface area contributed by atoms with Crippen LogP contribution in [0.15, 0.2) is 0 Å². The maximum Gasteiger partial charge on any atom is 0.172 e. The van der Waals surface area contributed by atoms with Gasteiger partial charge in [-0.15, -0.1) is 5.10 Å². The topological polar surface area (TPSA) is 86.5 Å². The van der Waals surface area contributed by atoms with Gasteiger partial charge in [-0.05, 0) is 19.3 Å². The molecule has 1 aliphatic carbocycles. The van der Waals surface area contributed by atoms with E-state index in [1.807, 2.05) is 0 Å². The first-order valence-corrected chi connectivity index (χ1v) is 10.6. The number of aliphatic hydroxyl groups excluding tert-OH is 1. The maximum absolute atomic E-state index is 11.4. The van der Waals surface area contributed by atoms with Crippen molar-refractivity contribution in [3.05, 3.63) is 11.4 Å². The minimum Gasteiger partial charge on any atom is -0.384 e. The summed E-state index contributed by atoms with van der Waals surface area (Å²) in [6.07, 6.45) is 11.3. The summed E-state index contributed by atoms with van der Waals surface area (Å²) in [5.41, 5.74) is 0.654. The number of aliphatic hydroxyl groups is 1. The average Bonchev–Trinajstić information content (AvgIpc) is 3.29. The van der Waals surface area contributed by atoms with Crippen molar-refractivity contribution in [2.45, 2.75) is 102 Å². The maximum atomic E-state index is 11.4. The Morgan fingerprint density at radius 2 is 1.96 bits per heavy atom. The summed E-state index contributed by atoms with van der Waals surface area (Å²) in [5, 5.41) is 19.0. The molecule has 7 heteroatoms. The van der Waals surface area contributed by atoms with E-state index in [0.717, 1.165) is 38.5 Å². The molecule has 1 aliphatic heterocycles. The van der Waals surface area contributed by atoms with Crippen molar-refractivity contribution >= 4 is 6.29 Å². The van der Waals surface area contributed by atoms with E-state index in [4.69, 9.17) is 9.47 Å². The van der Waals surface area contributed by atoms with E-state index < -0.39 is 18.0 Å². The molecule has 0 radical (unpaired) electrons. The highest BCUT2D eigenvalue weighted by molar-refractivity contribution is 5.73. The third-order valence-corrected chi connectivity index (χ3v) is 5.76. The Kier molecular flexibility index (Phi) is 7.38. The Morgan fingerprint density at radius 1 is 1.22 bits per heavy atom. The molecule has 27 heavy (non-hydrogen) atoms. The Morgan fingerprint density at radius 3 is 2.70 bits per heavy atom. The first kappa shape index (κ1) is 20.4. The van der Waals surface area contributed by atoms with Gasteiger partial charge >= 0.3 is 0 Å². The molecule has 1 saturated carbocycles. The van der Waals surface area contributed by atoms with Gasteiger partial charge < -0.3 is 14.6 Å². The van der Waals surface area contributed by atoms with Crippen LogP contribution in [0.25, 0.3) is 0 Å². The minimum atomic E-state index is -0.957. The van der Waals surface area contributed by atoms with Crippen molar-refractivity contribution < 1.29 is 19.4 Å². The Bertz CT molecular complexity index is 598. The van der Waals surface area contributed by atoms with Gasteiger partial charge in [-0.3, -0.25) is 4.79 Å². The summed E-state index contributed by atoms with van der Waals surface area (Å²) in [4.78, 5) is 11.4. The Hall–Kier alpha value is -1.31. The van der Waals surface area contributed by atoms with Gasteiger partial charge in [0.1, 0.15) is 17.9 Å². The second-order valence-electron chi connectivity index (χ2n) is 7.85. The number of hydrogen-bond donors (Lipinski definition) is 1. The number of carbonyl (C=O) groups is 1. The van der Waals surface area contributed by atoms with Gasteiger partial charge in [0.05, 0.1) is 6.61 Å². The molecule has 152 valence electrons. The molecule has 3 rings (SSSR count). The van der Waals surface area contributed by atoms with Gasteiger partial charge in [-0.25, -0.2) is 4.68 Å². The second-order valence-corrected chi connectivity index (χ2v) is 7.85. The van der Waals surface area contributed by atoms with Crippen LogP contribution in [0, 0.1) is 0 Å². The lowest BCUT2D eigenvalue weighted by Crippen LogP contribution is -2.34. The van der Waals surface area contributed by atoms with Crippen molar-refractivity contribution in [1.29, 1.82) is 0 Å². The van der Waals surface area contributed by atoms with Gasteiger partial charge in [0, 0.05) is 19.4 Å². The highest BCUT2D eigenvalue weighted by Crippen LogP contribution is 2.40. The van der Waals surface area contributed by atoms with Crippen LogP contribution in [0.4, 0.5) is 0 Å². The van der Waals surface area contributed by atoms with Crippen LogP contribution in [0.5, 0.6) is 0 Å². The number of ether oxygens (including phenoxy) is 2. The van der Waals surface area contributed by atoms with E-state index in [0.29, 0.717) is 25.1 Å². The molecule has 0 bridgehead atoms. The van der Waals surface area contributed by atoms with E-state index in [1.165, 1.54) is 32.1 Å². The zero-order valence-electron chi connectivity index (χ0n) is 16.4. The lowest BCUT2D eigenvalue weighted by atomic mass is 9.94. The van der Waals surface area contributed by atoms with Crippen LogP contribution in [0.2, 0.25) is 0 Å². The number of carbonyl (C=O) groups excluding carboxylic acids is 1. The molecule has 2 atom stereocenters. The number of aromatic nitrogens is 3. The summed E-state index contributed by atoms with van der Waals surface area (Å²) in [5.74, 6) is -0.553. The fraction of sp³-hybridized carbons (Fsp3) is 0.850. The summed E-state index contributed by atoms with van der Waals surface area (Å²) >= 11 is 0. The van der Waals surface area contributed by atoms with Crippen LogP contribution >= 0.6 is 0 Å². The normalized spacial score (nSPS) is 23.0. The molecule has 1 aromatic heterocycles. The molecule has 1 saturated heterocycles. The molecule has 1 aromatic rings. The number of rotatable bonds is 10. The number of aryl methyl sites for hydroxylation is 1. The predicted octanol–water partition coefficient (Wildman–Crippen LogP) is 3.56. The summed E-state index contributed by atoms with van der Waals surface area (Å²) < 4.78 is 13.8. The standard InChI is InChI=1S/C20H33N3O4/c1-2-3-4-5-6-10-13-23-18(16(14-24)21-22-23)19(25)17-15-26-20(27-17)11-8-7-9-12-20/h14,17,19,25H,2-13,15H2,1H3. The van der Waals surface area contributed by atoms with E-state index in [2.05, 4.69) is 17.2 Å². The largest absolute Gasteiger partial charge is 0.384 e. The van der Waals surface area contributed by atoms with Gasteiger partial charge in [0.25, 0.3) is 0 Å². The average molecular weight is 380 g/mol. The van der Waals surface area contributed by atoms with E-state index in [-0.39, 0.29) is 5.69 Å². The minimum absolute atomic E-state index is 0.196. The fourth-order valence-corrected chi connectivity index (χ4v) is 4.19. The number of hydrogen-bond acceptors (Lipinski definition) is 6. The van der Waals surface area contributed by atoms with Crippen molar-refractivity contribution in [2.24, 2.45) is 0 Å². The number of nitrogens with zero attached hydrogens (tertiary/aromatic N) is 3. The molecular weight excluding hydrogens is 346 g/mol. The van der Waals surface area contributed by atoms with Crippen LogP contribution in [0.1, 0.15) is 99.8 Å². The van der Waals surface area contributed by atoms with Gasteiger partial charge in [-0.2, -0.15) is 0 Å². The van der Waals surface area contributed by atoms with Crippen LogP contribution in [-0.4, -0.2) is 44.9 Å². The van der Waals surface area contributed by atoms with Gasteiger partial charge in [0.2, 0.25) is 0 Å². The zero-order valence-corrected chi connectivity index (χ0v) is 16.4. The summed E-state index contributed by atoms with van der Waals surface area (Å²) in [6, 6.07) is 0. The molecular formula is C20H33N3O4. The molecule has 0 amide bonds. The lowest BCUT2D eigenvalue weighted by molar-refractivity contribution is -0.196. The molecule has 2 fully saturated rings. The van der Waals surface area contributed by atoms with Crippen molar-refractivity contribution in [2.75, 3.05) is 6.61 Å². The van der Waals surface area contributed by atoms with Crippen LogP contribution < -0.4 is 0 Å². The summed E-state index contributed by atoms with van der Waals surface area (Å²) in [7, 11) is 0. The van der Waals surface area contributed by atoms with Crippen molar-refractivity contribution in [1.82, 2.24) is 15.0 Å². The highest BCUT2D eigenvalue weighted by atomic mass is 16.7. The molecule has 1 N–H and O–H groups in total. The second kappa shape index (κ2) is 9.75. The highest BCUT2D eigenvalue weighted by Gasteiger charge is 2.45. The van der Waals surface area contributed by atoms with Crippen molar-refractivity contribution in [3.63, 3.8) is 0 Å². The lowest BCUT2D eigenvalue weighted by Gasteiger charge is -2.32. The van der Waals surface area contributed by atoms with Crippen molar-refractivity contribution in [3.8, 4) is 0 Å². The molecule has 0 aromatic carbocycles.